The fourth-order valence-corrected chi connectivity index (χ4v) is 2.47. The van der Waals surface area contributed by atoms with Crippen molar-refractivity contribution in [3.05, 3.63) is 23.5 Å². The van der Waals surface area contributed by atoms with Crippen molar-refractivity contribution in [2.24, 2.45) is 0 Å². The smallest absolute Gasteiger partial charge is 0.354 e. The summed E-state index contributed by atoms with van der Waals surface area (Å²) in [6.07, 6.45) is 2.94. The van der Waals surface area contributed by atoms with Gasteiger partial charge in [0, 0.05) is 6.20 Å². The minimum absolute atomic E-state index is 0.175. The third-order valence-corrected chi connectivity index (χ3v) is 4.24. The maximum atomic E-state index is 12.2. The Morgan fingerprint density at radius 3 is 2.41 bits per heavy atom. The maximum absolute atomic E-state index is 12.2. The zero-order valence-corrected chi connectivity index (χ0v) is 13.0. The van der Waals surface area contributed by atoms with Gasteiger partial charge < -0.3 is 4.18 Å². The van der Waals surface area contributed by atoms with E-state index < -0.39 is 21.5 Å². The zero-order valence-electron chi connectivity index (χ0n) is 11.3. The van der Waals surface area contributed by atoms with E-state index in [0.717, 1.165) is 22.4 Å². The van der Waals surface area contributed by atoms with E-state index in [1.54, 1.807) is 0 Å². The Morgan fingerprint density at radius 2 is 1.91 bits per heavy atom. The molecular formula is C11H10F3N3O3S2. The topological polar surface area (TPSA) is 82.0 Å². The van der Waals surface area contributed by atoms with E-state index in [1.165, 1.54) is 12.4 Å². The van der Waals surface area contributed by atoms with Gasteiger partial charge in [-0.2, -0.15) is 26.6 Å². The van der Waals surface area contributed by atoms with Crippen molar-refractivity contribution in [3.63, 3.8) is 0 Å². The molecular weight excluding hydrogens is 343 g/mol. The zero-order chi connectivity index (χ0) is 16.5. The molecule has 2 aromatic heterocycles. The summed E-state index contributed by atoms with van der Waals surface area (Å²) < 4.78 is 62.3. The number of halogens is 3. The Labute approximate surface area is 128 Å². The van der Waals surface area contributed by atoms with Gasteiger partial charge in [0.2, 0.25) is 5.88 Å². The van der Waals surface area contributed by atoms with Crippen LogP contribution in [0.5, 0.6) is 5.88 Å². The normalized spacial score (nSPS) is 12.6. The van der Waals surface area contributed by atoms with Crippen LogP contribution in [0.4, 0.5) is 13.2 Å². The minimum atomic E-state index is -5.73. The molecule has 0 atom stereocenters. The first-order valence-corrected chi connectivity index (χ1v) is 8.17. The fraction of sp³-hybridized carbons (Fsp3) is 0.364. The van der Waals surface area contributed by atoms with Crippen molar-refractivity contribution < 1.29 is 25.8 Å². The average Bonchev–Trinajstić information content (AvgIpc) is 2.85. The van der Waals surface area contributed by atoms with Crippen LogP contribution in [0.15, 0.2) is 17.8 Å². The molecule has 0 unspecified atom stereocenters. The van der Waals surface area contributed by atoms with Crippen molar-refractivity contribution in [2.75, 3.05) is 0 Å². The van der Waals surface area contributed by atoms with Gasteiger partial charge in [0.1, 0.15) is 10.7 Å². The second-order valence-electron chi connectivity index (χ2n) is 4.46. The Kier molecular flexibility index (Phi) is 4.38. The highest BCUT2D eigenvalue weighted by Gasteiger charge is 2.49. The van der Waals surface area contributed by atoms with Gasteiger partial charge >= 0.3 is 15.6 Å². The quantitative estimate of drug-likeness (QED) is 0.621. The van der Waals surface area contributed by atoms with E-state index in [0.29, 0.717) is 5.69 Å². The molecule has 0 spiro atoms. The number of alkyl halides is 3. The van der Waals surface area contributed by atoms with Crippen molar-refractivity contribution in [1.29, 1.82) is 0 Å². The largest absolute Gasteiger partial charge is 0.534 e. The van der Waals surface area contributed by atoms with Crippen LogP contribution < -0.4 is 4.18 Å². The second kappa shape index (κ2) is 5.80. The van der Waals surface area contributed by atoms with E-state index in [9.17, 15) is 21.6 Å². The van der Waals surface area contributed by atoms with Crippen LogP contribution in [0, 0.1) is 0 Å². The van der Waals surface area contributed by atoms with Gasteiger partial charge in [-0.05, 0) is 5.92 Å². The molecule has 2 rings (SSSR count). The summed E-state index contributed by atoms with van der Waals surface area (Å²) in [5, 5.41) is 1.26. The van der Waals surface area contributed by atoms with Gasteiger partial charge in [0.15, 0.2) is 0 Å². The molecule has 0 saturated heterocycles. The van der Waals surface area contributed by atoms with Crippen LogP contribution in [0.3, 0.4) is 0 Å². The number of nitrogens with zero attached hydrogens (tertiary/aromatic N) is 3. The molecule has 120 valence electrons. The second-order valence-corrected chi connectivity index (χ2v) is 6.85. The monoisotopic (exact) mass is 353 g/mol. The summed E-state index contributed by atoms with van der Waals surface area (Å²) in [6, 6.07) is 0. The number of thiazole rings is 1. The van der Waals surface area contributed by atoms with Crippen LogP contribution in [0.1, 0.15) is 25.5 Å². The van der Waals surface area contributed by atoms with E-state index in [4.69, 9.17) is 0 Å². The number of hydrogen-bond acceptors (Lipinski definition) is 7. The maximum Gasteiger partial charge on any atom is 0.534 e. The molecule has 11 heteroatoms. The number of aromatic nitrogens is 3. The summed E-state index contributed by atoms with van der Waals surface area (Å²) in [5.41, 5.74) is -4.44. The third-order valence-electron chi connectivity index (χ3n) is 2.44. The molecule has 22 heavy (non-hydrogen) atoms. The SMILES string of the molecule is CC(C)c1cnc(-c2nc(OS(=O)(=O)C(F)(F)F)cs2)cn1. The summed E-state index contributed by atoms with van der Waals surface area (Å²) in [6.45, 7) is 3.86. The Balaban J connectivity index is 2.22. The molecule has 0 N–H and O–H groups in total. The van der Waals surface area contributed by atoms with Crippen LogP contribution in [-0.2, 0) is 10.1 Å². The molecule has 0 aromatic carbocycles. The number of rotatable bonds is 4. The standard InChI is InChI=1S/C11H10F3N3O3S2/c1-6(2)7-3-16-8(4-15-7)10-17-9(5-21-10)20-22(18,19)11(12,13)14/h3-6H,1-2H3. The van der Waals surface area contributed by atoms with Gasteiger partial charge in [-0.1, -0.05) is 13.8 Å². The fourth-order valence-electron chi connectivity index (χ4n) is 1.32. The molecule has 2 aromatic rings. The molecule has 6 nitrogen and oxygen atoms in total. The third kappa shape index (κ3) is 3.53. The summed E-state index contributed by atoms with van der Waals surface area (Å²) in [7, 11) is -5.73. The molecule has 0 aliphatic carbocycles. The van der Waals surface area contributed by atoms with Crippen LogP contribution in [-0.4, -0.2) is 28.9 Å². The van der Waals surface area contributed by atoms with Crippen LogP contribution >= 0.6 is 11.3 Å². The van der Waals surface area contributed by atoms with Gasteiger partial charge in [-0.25, -0.2) is 0 Å². The van der Waals surface area contributed by atoms with Crippen molar-refractivity contribution in [3.8, 4) is 16.6 Å². The Bertz CT molecular complexity index is 755. The van der Waals surface area contributed by atoms with Crippen molar-refractivity contribution in [1.82, 2.24) is 15.0 Å². The van der Waals surface area contributed by atoms with E-state index in [2.05, 4.69) is 19.1 Å². The summed E-state index contributed by atoms with van der Waals surface area (Å²) >= 11 is 0.898. The number of hydrogen-bond donors (Lipinski definition) is 0. The van der Waals surface area contributed by atoms with Gasteiger partial charge in [0.05, 0.1) is 17.3 Å². The lowest BCUT2D eigenvalue weighted by Gasteiger charge is -2.06. The van der Waals surface area contributed by atoms with Crippen molar-refractivity contribution >= 4 is 21.5 Å². The molecule has 0 bridgehead atoms. The highest BCUT2D eigenvalue weighted by molar-refractivity contribution is 7.88. The average molecular weight is 353 g/mol. The highest BCUT2D eigenvalue weighted by Crippen LogP contribution is 2.30. The minimum Gasteiger partial charge on any atom is -0.354 e. The van der Waals surface area contributed by atoms with Crippen LogP contribution in [0.25, 0.3) is 10.7 Å². The Hall–Kier alpha value is -1.75. The lowest BCUT2D eigenvalue weighted by atomic mass is 10.1. The predicted molar refractivity (Wildman–Crippen MR) is 72.8 cm³/mol. The lowest BCUT2D eigenvalue weighted by Crippen LogP contribution is -2.28. The molecule has 0 aliphatic rings. The van der Waals surface area contributed by atoms with Gasteiger partial charge in [0.25, 0.3) is 0 Å². The van der Waals surface area contributed by atoms with Crippen molar-refractivity contribution in [2.45, 2.75) is 25.3 Å². The molecule has 0 fully saturated rings. The first kappa shape index (κ1) is 16.6. The van der Waals surface area contributed by atoms with Crippen LogP contribution in [0.2, 0.25) is 0 Å². The molecule has 0 aliphatic heterocycles. The highest BCUT2D eigenvalue weighted by atomic mass is 32.2. The molecule has 0 radical (unpaired) electrons. The Morgan fingerprint density at radius 1 is 1.23 bits per heavy atom. The van der Waals surface area contributed by atoms with Gasteiger partial charge in [-0.15, -0.1) is 11.3 Å². The molecule has 0 saturated carbocycles. The predicted octanol–water partition coefficient (Wildman–Crippen LogP) is 2.95. The summed E-state index contributed by atoms with van der Waals surface area (Å²) in [5.74, 6) is -0.485. The van der Waals surface area contributed by atoms with E-state index >= 15 is 0 Å². The summed E-state index contributed by atoms with van der Waals surface area (Å²) in [4.78, 5) is 11.9. The lowest BCUT2D eigenvalue weighted by molar-refractivity contribution is -0.0501. The van der Waals surface area contributed by atoms with E-state index in [1.807, 2.05) is 13.8 Å². The molecule has 2 heterocycles. The van der Waals surface area contributed by atoms with E-state index in [-0.39, 0.29) is 10.9 Å². The first-order valence-electron chi connectivity index (χ1n) is 5.89. The van der Waals surface area contributed by atoms with Gasteiger partial charge in [-0.3, -0.25) is 9.97 Å². The first-order chi connectivity index (χ1) is 10.1. The molecule has 0 amide bonds.